The highest BCUT2D eigenvalue weighted by molar-refractivity contribution is 7.80. The third-order valence-corrected chi connectivity index (χ3v) is 2.21. The summed E-state index contributed by atoms with van der Waals surface area (Å²) in [7, 11) is 0. The van der Waals surface area contributed by atoms with E-state index in [4.69, 9.17) is 12.2 Å². The lowest BCUT2D eigenvalue weighted by atomic mass is 10.5. The second-order valence-electron chi connectivity index (χ2n) is 2.38. The van der Waals surface area contributed by atoms with E-state index in [1.54, 1.807) is 13.8 Å². The summed E-state index contributed by atoms with van der Waals surface area (Å²) in [5.74, 6) is -1.02. The first-order valence-electron chi connectivity index (χ1n) is 3.80. The number of carbonyl (C=O) groups excluding carboxylic acids is 2. The zero-order valence-corrected chi connectivity index (χ0v) is 7.85. The van der Waals surface area contributed by atoms with Crippen LogP contribution in [0.15, 0.2) is 0 Å². The molecule has 4 nitrogen and oxygen atoms in total. The summed E-state index contributed by atoms with van der Waals surface area (Å²) in [6, 6.07) is 0. The Morgan fingerprint density at radius 2 is 1.42 bits per heavy atom. The molecule has 12 heavy (non-hydrogen) atoms. The average molecular weight is 186 g/mol. The number of hydrogen-bond donors (Lipinski definition) is 0. The number of carbonyl (C=O) groups is 2. The maximum absolute atomic E-state index is 11.2. The summed E-state index contributed by atoms with van der Waals surface area (Å²) in [6.45, 7) is 4.49. The van der Waals surface area contributed by atoms with Gasteiger partial charge in [0.2, 0.25) is 0 Å². The number of likely N-dealkylation sites (N-methyl/N-ethyl adjacent to an activating group) is 2. The second kappa shape index (κ2) is 3.18. The van der Waals surface area contributed by atoms with Crippen LogP contribution in [0, 0.1) is 0 Å². The Kier molecular flexibility index (Phi) is 2.42. The molecule has 1 aliphatic rings. The lowest BCUT2D eigenvalue weighted by molar-refractivity contribution is -0.143. The van der Waals surface area contributed by atoms with Crippen LogP contribution in [0.25, 0.3) is 0 Å². The molecular formula is C7H10N2O2S. The Hall–Kier alpha value is -0.970. The minimum Gasteiger partial charge on any atom is -0.281 e. The van der Waals surface area contributed by atoms with Crippen molar-refractivity contribution in [3.05, 3.63) is 0 Å². The largest absolute Gasteiger partial charge is 0.318 e. The Labute approximate surface area is 76.1 Å². The van der Waals surface area contributed by atoms with Crippen molar-refractivity contribution in [2.75, 3.05) is 13.1 Å². The van der Waals surface area contributed by atoms with E-state index in [1.807, 2.05) is 0 Å². The predicted octanol–water partition coefficient (Wildman–Crippen LogP) is -0.0181. The zero-order valence-electron chi connectivity index (χ0n) is 7.03. The van der Waals surface area contributed by atoms with E-state index >= 15 is 0 Å². The topological polar surface area (TPSA) is 40.6 Å². The summed E-state index contributed by atoms with van der Waals surface area (Å²) in [4.78, 5) is 24.9. The molecule has 0 radical (unpaired) electrons. The highest BCUT2D eigenvalue weighted by atomic mass is 32.1. The van der Waals surface area contributed by atoms with Gasteiger partial charge < -0.3 is 0 Å². The smallest absolute Gasteiger partial charge is 0.281 e. The van der Waals surface area contributed by atoms with Crippen molar-refractivity contribution in [1.82, 2.24) is 9.80 Å². The number of amides is 2. The number of hydrogen-bond acceptors (Lipinski definition) is 3. The first-order valence-corrected chi connectivity index (χ1v) is 4.21. The Bertz CT molecular complexity index is 228. The molecule has 5 heteroatoms. The molecule has 0 unspecified atom stereocenters. The minimum absolute atomic E-state index is 0.329. The molecule has 1 fully saturated rings. The molecule has 0 N–H and O–H groups in total. The highest BCUT2D eigenvalue weighted by Crippen LogP contribution is 2.10. The molecule has 0 aromatic carbocycles. The fraction of sp³-hybridized carbons (Fsp3) is 0.571. The molecule has 0 aliphatic carbocycles. The first-order chi connectivity index (χ1) is 5.63. The first kappa shape index (κ1) is 9.12. The summed E-state index contributed by atoms with van der Waals surface area (Å²) < 4.78 is 0. The van der Waals surface area contributed by atoms with Gasteiger partial charge in [0.15, 0.2) is 5.11 Å². The Balaban J connectivity index is 2.93. The second-order valence-corrected chi connectivity index (χ2v) is 2.75. The number of rotatable bonds is 2. The van der Waals surface area contributed by atoms with Gasteiger partial charge in [0.1, 0.15) is 0 Å². The maximum Gasteiger partial charge on any atom is 0.318 e. The van der Waals surface area contributed by atoms with Gasteiger partial charge in [-0.15, -0.1) is 0 Å². The molecule has 0 aromatic rings. The summed E-state index contributed by atoms with van der Waals surface area (Å²) in [6.07, 6.45) is 0. The molecule has 1 heterocycles. The third kappa shape index (κ3) is 1.10. The van der Waals surface area contributed by atoms with Gasteiger partial charge >= 0.3 is 11.8 Å². The molecule has 1 saturated heterocycles. The van der Waals surface area contributed by atoms with Crippen LogP contribution in [-0.4, -0.2) is 39.8 Å². The van der Waals surface area contributed by atoms with Crippen LogP contribution in [0.3, 0.4) is 0 Å². The van der Waals surface area contributed by atoms with Gasteiger partial charge in [-0.3, -0.25) is 19.4 Å². The van der Waals surface area contributed by atoms with E-state index in [-0.39, 0.29) is 0 Å². The monoisotopic (exact) mass is 186 g/mol. The van der Waals surface area contributed by atoms with Crippen molar-refractivity contribution in [3.63, 3.8) is 0 Å². The molecule has 0 bridgehead atoms. The summed E-state index contributed by atoms with van der Waals surface area (Å²) in [5, 5.41) is 0.329. The highest BCUT2D eigenvalue weighted by Gasteiger charge is 2.39. The molecule has 0 spiro atoms. The standard InChI is InChI=1S/C7H10N2O2S/c1-3-8-5(10)6(11)9(4-2)7(8)12/h3-4H2,1-2H3. The normalized spacial score (nSPS) is 18.0. The lowest BCUT2D eigenvalue weighted by Crippen LogP contribution is -2.32. The van der Waals surface area contributed by atoms with Gasteiger partial charge in [0.25, 0.3) is 0 Å². The predicted molar refractivity (Wildman–Crippen MR) is 47.4 cm³/mol. The minimum atomic E-state index is -0.510. The Morgan fingerprint density at radius 1 is 1.08 bits per heavy atom. The molecular weight excluding hydrogens is 176 g/mol. The van der Waals surface area contributed by atoms with Crippen LogP contribution in [0.1, 0.15) is 13.8 Å². The molecule has 1 rings (SSSR count). The van der Waals surface area contributed by atoms with E-state index in [2.05, 4.69) is 0 Å². The van der Waals surface area contributed by atoms with Gasteiger partial charge in [-0.25, -0.2) is 0 Å². The molecule has 1 aliphatic heterocycles. The fourth-order valence-electron chi connectivity index (χ4n) is 1.11. The fourth-order valence-corrected chi connectivity index (χ4v) is 1.53. The number of thiocarbonyl (C=S) groups is 1. The van der Waals surface area contributed by atoms with Crippen LogP contribution in [0.4, 0.5) is 0 Å². The zero-order chi connectivity index (χ0) is 9.30. The van der Waals surface area contributed by atoms with Crippen LogP contribution in [0.2, 0.25) is 0 Å². The molecule has 66 valence electrons. The van der Waals surface area contributed by atoms with E-state index < -0.39 is 11.8 Å². The third-order valence-electron chi connectivity index (χ3n) is 1.77. The van der Waals surface area contributed by atoms with Crippen molar-refractivity contribution >= 4 is 29.1 Å². The molecule has 2 amide bonds. The van der Waals surface area contributed by atoms with Crippen LogP contribution >= 0.6 is 12.2 Å². The van der Waals surface area contributed by atoms with E-state index in [9.17, 15) is 9.59 Å². The maximum atomic E-state index is 11.2. The van der Waals surface area contributed by atoms with Gasteiger partial charge in [-0.2, -0.15) is 0 Å². The summed E-state index contributed by atoms with van der Waals surface area (Å²) >= 11 is 4.92. The van der Waals surface area contributed by atoms with Crippen LogP contribution in [-0.2, 0) is 9.59 Å². The number of nitrogens with zero attached hydrogens (tertiary/aromatic N) is 2. The van der Waals surface area contributed by atoms with Crippen molar-refractivity contribution in [3.8, 4) is 0 Å². The quantitative estimate of drug-likeness (QED) is 0.449. The van der Waals surface area contributed by atoms with Crippen molar-refractivity contribution in [2.24, 2.45) is 0 Å². The Morgan fingerprint density at radius 3 is 1.58 bits per heavy atom. The van der Waals surface area contributed by atoms with E-state index in [0.717, 1.165) is 0 Å². The van der Waals surface area contributed by atoms with Crippen LogP contribution < -0.4 is 0 Å². The van der Waals surface area contributed by atoms with Gasteiger partial charge in [-0.1, -0.05) is 0 Å². The van der Waals surface area contributed by atoms with Crippen molar-refractivity contribution in [2.45, 2.75) is 13.8 Å². The summed E-state index contributed by atoms with van der Waals surface area (Å²) in [5.41, 5.74) is 0. The van der Waals surface area contributed by atoms with Crippen molar-refractivity contribution in [1.29, 1.82) is 0 Å². The van der Waals surface area contributed by atoms with Gasteiger partial charge in [-0.05, 0) is 26.1 Å². The van der Waals surface area contributed by atoms with Crippen LogP contribution in [0.5, 0.6) is 0 Å². The average Bonchev–Trinajstić information content (AvgIpc) is 2.25. The van der Waals surface area contributed by atoms with Gasteiger partial charge in [0, 0.05) is 13.1 Å². The molecule has 0 aromatic heterocycles. The molecule has 0 saturated carbocycles. The van der Waals surface area contributed by atoms with E-state index in [1.165, 1.54) is 9.80 Å². The van der Waals surface area contributed by atoms with Gasteiger partial charge in [0.05, 0.1) is 0 Å². The van der Waals surface area contributed by atoms with E-state index in [0.29, 0.717) is 18.2 Å². The lowest BCUT2D eigenvalue weighted by Gasteiger charge is -2.14. The SMILES string of the molecule is CCN1C(=O)C(=O)N(CC)C1=S. The van der Waals surface area contributed by atoms with Crippen molar-refractivity contribution < 1.29 is 9.59 Å². The molecule has 0 atom stereocenters.